The second kappa shape index (κ2) is 5.10. The average Bonchev–Trinajstić information content (AvgIpc) is 2.51. The number of Topliss-reactive ketones (excluding diaryl/α,β-unsaturated/α-hetero) is 1. The zero-order chi connectivity index (χ0) is 15.0. The number of hydrogen-bond acceptors (Lipinski definition) is 5. The number of aliphatic hydroxyl groups is 1. The fraction of sp³-hybridized carbons (Fsp3) is 0.188. The fourth-order valence-electron chi connectivity index (χ4n) is 2.41. The van der Waals surface area contributed by atoms with Crippen molar-refractivity contribution in [2.24, 2.45) is 0 Å². The third-order valence-corrected chi connectivity index (χ3v) is 3.47. The minimum atomic E-state index is -1.36. The molecular weight excluding hydrogens is 272 g/mol. The summed E-state index contributed by atoms with van der Waals surface area (Å²) in [5.41, 5.74) is 0.668. The molecular formula is C16H14O5. The van der Waals surface area contributed by atoms with Gasteiger partial charge in [0.2, 0.25) is 5.78 Å². The Labute approximate surface area is 121 Å². The highest BCUT2D eigenvalue weighted by Crippen LogP contribution is 2.41. The Morgan fingerprint density at radius 1 is 1.19 bits per heavy atom. The van der Waals surface area contributed by atoms with E-state index in [9.17, 15) is 15.0 Å². The van der Waals surface area contributed by atoms with Gasteiger partial charge in [0.15, 0.2) is 12.2 Å². The van der Waals surface area contributed by atoms with Crippen molar-refractivity contribution in [2.75, 3.05) is 7.11 Å². The minimum Gasteiger partial charge on any atom is -0.507 e. The molecule has 5 nitrogen and oxygen atoms in total. The summed E-state index contributed by atoms with van der Waals surface area (Å²) in [6, 6.07) is 11.8. The van der Waals surface area contributed by atoms with Crippen LogP contribution in [0.25, 0.3) is 0 Å². The number of ether oxygens (including phenoxy) is 2. The molecule has 5 heteroatoms. The number of methoxy groups -OCH3 is 1. The smallest absolute Gasteiger partial charge is 0.202 e. The number of carbonyl (C=O) groups is 1. The van der Waals surface area contributed by atoms with E-state index in [0.717, 1.165) is 0 Å². The summed E-state index contributed by atoms with van der Waals surface area (Å²) in [6.45, 7) is 0. The van der Waals surface area contributed by atoms with Crippen molar-refractivity contribution in [3.05, 3.63) is 53.6 Å². The SMILES string of the molecule is COc1cc(O)c2c(c1)O[C@@H](c1ccccc1)[C@H](O)C2=O. The normalized spacial score (nSPS) is 20.6. The molecule has 1 aliphatic rings. The number of aromatic hydroxyl groups is 1. The van der Waals surface area contributed by atoms with E-state index in [1.807, 2.05) is 6.07 Å². The molecule has 3 rings (SSSR count). The highest BCUT2D eigenvalue weighted by atomic mass is 16.5. The number of rotatable bonds is 2. The van der Waals surface area contributed by atoms with E-state index in [2.05, 4.69) is 0 Å². The Kier molecular flexibility index (Phi) is 3.27. The van der Waals surface area contributed by atoms with Crippen LogP contribution >= 0.6 is 0 Å². The van der Waals surface area contributed by atoms with Gasteiger partial charge in [-0.1, -0.05) is 30.3 Å². The molecule has 0 saturated carbocycles. The molecule has 0 spiro atoms. The zero-order valence-corrected chi connectivity index (χ0v) is 11.3. The number of phenolic OH excluding ortho intramolecular Hbond substituents is 1. The van der Waals surface area contributed by atoms with Gasteiger partial charge in [0.05, 0.1) is 7.11 Å². The lowest BCUT2D eigenvalue weighted by Crippen LogP contribution is -2.36. The van der Waals surface area contributed by atoms with Gasteiger partial charge in [0.25, 0.3) is 0 Å². The fourth-order valence-corrected chi connectivity index (χ4v) is 2.41. The Morgan fingerprint density at radius 3 is 2.57 bits per heavy atom. The summed E-state index contributed by atoms with van der Waals surface area (Å²) in [5.74, 6) is -0.247. The summed E-state index contributed by atoms with van der Waals surface area (Å²) in [5, 5.41) is 20.1. The monoisotopic (exact) mass is 286 g/mol. The number of carbonyl (C=O) groups excluding carboxylic acids is 1. The van der Waals surface area contributed by atoms with Crippen LogP contribution in [0.4, 0.5) is 0 Å². The lowest BCUT2D eigenvalue weighted by Gasteiger charge is -2.30. The van der Waals surface area contributed by atoms with Crippen LogP contribution in [0.1, 0.15) is 22.0 Å². The number of phenols is 1. The van der Waals surface area contributed by atoms with Gasteiger partial charge in [-0.2, -0.15) is 0 Å². The van der Waals surface area contributed by atoms with Crippen LogP contribution in [0.15, 0.2) is 42.5 Å². The van der Waals surface area contributed by atoms with Crippen molar-refractivity contribution in [1.29, 1.82) is 0 Å². The largest absolute Gasteiger partial charge is 0.507 e. The van der Waals surface area contributed by atoms with Gasteiger partial charge in [-0.25, -0.2) is 0 Å². The summed E-state index contributed by atoms with van der Waals surface area (Å²) < 4.78 is 10.8. The van der Waals surface area contributed by atoms with E-state index in [0.29, 0.717) is 11.3 Å². The quantitative estimate of drug-likeness (QED) is 0.884. The molecule has 0 aliphatic carbocycles. The molecule has 0 bridgehead atoms. The Bertz CT molecular complexity index is 681. The Hall–Kier alpha value is -2.53. The van der Waals surface area contributed by atoms with Gasteiger partial charge in [-0.3, -0.25) is 4.79 Å². The van der Waals surface area contributed by atoms with Crippen molar-refractivity contribution in [1.82, 2.24) is 0 Å². The first kappa shape index (κ1) is 13.5. The molecule has 0 aromatic heterocycles. The molecule has 2 aromatic carbocycles. The predicted molar refractivity (Wildman–Crippen MR) is 74.8 cm³/mol. The number of benzene rings is 2. The summed E-state index contributed by atoms with van der Waals surface area (Å²) in [6.07, 6.45) is -2.17. The maximum absolute atomic E-state index is 12.3. The molecule has 1 heterocycles. The van der Waals surface area contributed by atoms with Gasteiger partial charge in [0, 0.05) is 12.1 Å². The first-order valence-electron chi connectivity index (χ1n) is 6.46. The molecule has 0 amide bonds. The van der Waals surface area contributed by atoms with Crippen LogP contribution in [-0.4, -0.2) is 29.2 Å². The van der Waals surface area contributed by atoms with E-state index in [-0.39, 0.29) is 17.1 Å². The van der Waals surface area contributed by atoms with E-state index < -0.39 is 18.0 Å². The molecule has 1 aliphatic heterocycles. The standard InChI is InChI=1S/C16H14O5/c1-20-10-7-11(17)13-12(8-10)21-16(15(19)14(13)18)9-5-3-2-4-6-9/h2-8,15-17,19H,1H3/t15-,16+/m1/s1. The van der Waals surface area contributed by atoms with Crippen LogP contribution in [0.3, 0.4) is 0 Å². The average molecular weight is 286 g/mol. The van der Waals surface area contributed by atoms with Crippen LogP contribution in [0.2, 0.25) is 0 Å². The van der Waals surface area contributed by atoms with Gasteiger partial charge in [-0.05, 0) is 5.56 Å². The van der Waals surface area contributed by atoms with Crippen LogP contribution in [0.5, 0.6) is 17.2 Å². The van der Waals surface area contributed by atoms with Gasteiger partial charge < -0.3 is 19.7 Å². The second-order valence-corrected chi connectivity index (χ2v) is 4.78. The molecule has 0 unspecified atom stereocenters. The number of hydrogen-bond donors (Lipinski definition) is 2. The lowest BCUT2D eigenvalue weighted by atomic mass is 9.93. The lowest BCUT2D eigenvalue weighted by molar-refractivity contribution is 0.0210. The third kappa shape index (κ3) is 2.21. The van der Waals surface area contributed by atoms with Crippen molar-refractivity contribution in [3.63, 3.8) is 0 Å². The first-order valence-corrected chi connectivity index (χ1v) is 6.46. The van der Waals surface area contributed by atoms with Crippen molar-refractivity contribution in [2.45, 2.75) is 12.2 Å². The van der Waals surface area contributed by atoms with Crippen molar-refractivity contribution < 1.29 is 24.5 Å². The van der Waals surface area contributed by atoms with E-state index in [4.69, 9.17) is 9.47 Å². The molecule has 21 heavy (non-hydrogen) atoms. The molecule has 0 fully saturated rings. The van der Waals surface area contributed by atoms with Gasteiger partial charge in [-0.15, -0.1) is 0 Å². The molecule has 0 radical (unpaired) electrons. The van der Waals surface area contributed by atoms with Crippen LogP contribution in [-0.2, 0) is 0 Å². The maximum atomic E-state index is 12.3. The number of fused-ring (bicyclic) bond motifs is 1. The number of aliphatic hydroxyl groups excluding tert-OH is 1. The van der Waals surface area contributed by atoms with Gasteiger partial charge in [0.1, 0.15) is 22.8 Å². The van der Waals surface area contributed by atoms with Crippen molar-refractivity contribution >= 4 is 5.78 Å². The molecule has 2 N–H and O–H groups in total. The van der Waals surface area contributed by atoms with Crippen LogP contribution < -0.4 is 9.47 Å². The highest BCUT2D eigenvalue weighted by molar-refractivity contribution is 6.05. The number of ketones is 1. The summed E-state index contributed by atoms with van der Waals surface area (Å²) in [7, 11) is 1.45. The molecule has 2 atom stereocenters. The molecule has 108 valence electrons. The Balaban J connectivity index is 2.08. The van der Waals surface area contributed by atoms with E-state index in [1.165, 1.54) is 19.2 Å². The zero-order valence-electron chi connectivity index (χ0n) is 11.3. The molecule has 2 aromatic rings. The second-order valence-electron chi connectivity index (χ2n) is 4.78. The molecule has 0 saturated heterocycles. The summed E-state index contributed by atoms with van der Waals surface area (Å²) in [4.78, 5) is 12.3. The van der Waals surface area contributed by atoms with Gasteiger partial charge >= 0.3 is 0 Å². The third-order valence-electron chi connectivity index (χ3n) is 3.47. The topological polar surface area (TPSA) is 76.0 Å². The summed E-state index contributed by atoms with van der Waals surface area (Å²) >= 11 is 0. The highest BCUT2D eigenvalue weighted by Gasteiger charge is 2.39. The predicted octanol–water partition coefficient (Wildman–Crippen LogP) is 2.08. The Morgan fingerprint density at radius 2 is 1.90 bits per heavy atom. The van der Waals surface area contributed by atoms with E-state index >= 15 is 0 Å². The first-order chi connectivity index (χ1) is 10.1. The van der Waals surface area contributed by atoms with Crippen LogP contribution in [0, 0.1) is 0 Å². The minimum absolute atomic E-state index is 0.0181. The maximum Gasteiger partial charge on any atom is 0.202 e. The van der Waals surface area contributed by atoms with Crippen molar-refractivity contribution in [3.8, 4) is 17.2 Å². The van der Waals surface area contributed by atoms with E-state index in [1.54, 1.807) is 24.3 Å².